The van der Waals surface area contributed by atoms with Gasteiger partial charge in [0.25, 0.3) is 0 Å². The number of methoxy groups -OCH3 is 4. The first kappa shape index (κ1) is 67.0. The molecule has 0 spiro atoms. The number of carbonyl (C=O) groups is 5. The maximum absolute atomic E-state index is 17.6. The van der Waals surface area contributed by atoms with Gasteiger partial charge in [-0.3, -0.25) is 23.5 Å². The summed E-state index contributed by atoms with van der Waals surface area (Å²) < 4.78 is 127. The van der Waals surface area contributed by atoms with Crippen molar-refractivity contribution in [2.24, 2.45) is 0 Å². The highest BCUT2D eigenvalue weighted by Gasteiger charge is 2.44. The van der Waals surface area contributed by atoms with E-state index in [0.717, 1.165) is 30.9 Å². The van der Waals surface area contributed by atoms with Gasteiger partial charge in [0, 0.05) is 75.8 Å². The molecule has 4 aliphatic rings. The number of esters is 1. The Hall–Kier alpha value is -7.95. The molecule has 4 aliphatic heterocycles. The van der Waals surface area contributed by atoms with Crippen molar-refractivity contribution in [3.05, 3.63) is 118 Å². The molecule has 5 N–H and O–H groups in total. The van der Waals surface area contributed by atoms with Crippen molar-refractivity contribution < 1.29 is 88.5 Å². The highest BCUT2D eigenvalue weighted by molar-refractivity contribution is 7.46. The van der Waals surface area contributed by atoms with Crippen LogP contribution in [0.2, 0.25) is 0 Å². The topological polar surface area (TPSA) is 282 Å². The number of rotatable bonds is 22. The number of halogens is 5. The number of nitrogens with one attached hydrogen (secondary N) is 3. The Labute approximate surface area is 526 Å². The number of benzene rings is 4. The number of nitrogens with zero attached hydrogens (tertiary/aromatic N) is 7. The van der Waals surface area contributed by atoms with Gasteiger partial charge in [-0.05, 0) is 120 Å². The second-order valence-corrected chi connectivity index (χ2v) is 24.7. The summed E-state index contributed by atoms with van der Waals surface area (Å²) in [5.41, 5.74) is 1.34. The SMILES string of the molecule is COC(=O)N[C@H](C(=O)N1CCC[C@H]1c1nc2cc(F)c([C@H]3CC[C@H](c4cc5c(cc4F)nc([C@@H]4CCCN4C(=O)[C@@H](NC(=O)OC)[C@@H](C)OC)n5COC(=O)CCCOP(=O)(O)O)N3c3cc(F)c(N4CCC(c5ccc(F)cc5)CC4)c(F)c3)cc2[nH]1)[C@@H](C)OC. The Morgan fingerprint density at radius 1 is 0.674 bits per heavy atom. The molecule has 0 bridgehead atoms. The summed E-state index contributed by atoms with van der Waals surface area (Å²) in [7, 11) is 0.212. The molecule has 24 nitrogen and oxygen atoms in total. The Kier molecular flexibility index (Phi) is 20.7. The zero-order chi connectivity index (χ0) is 65.9. The zero-order valence-electron chi connectivity index (χ0n) is 51.5. The summed E-state index contributed by atoms with van der Waals surface area (Å²) in [6, 6.07) is 7.74. The highest BCUT2D eigenvalue weighted by Crippen LogP contribution is 2.51. The van der Waals surface area contributed by atoms with Crippen LogP contribution in [0, 0.1) is 29.1 Å². The highest BCUT2D eigenvalue weighted by atomic mass is 31.2. The van der Waals surface area contributed by atoms with E-state index in [9.17, 15) is 42.7 Å². The fourth-order valence-corrected chi connectivity index (χ4v) is 13.6. The predicted octanol–water partition coefficient (Wildman–Crippen LogP) is 9.31. The molecule has 0 unspecified atom stereocenters. The van der Waals surface area contributed by atoms with E-state index in [2.05, 4.69) is 20.1 Å². The molecule has 0 aliphatic carbocycles. The minimum absolute atomic E-state index is 0.00940. The summed E-state index contributed by atoms with van der Waals surface area (Å²) in [4.78, 5) is 104. The summed E-state index contributed by atoms with van der Waals surface area (Å²) in [6.45, 7) is 3.13. The van der Waals surface area contributed by atoms with E-state index >= 15 is 17.6 Å². The molecule has 6 heterocycles. The van der Waals surface area contributed by atoms with Crippen LogP contribution in [-0.4, -0.2) is 155 Å². The third-order valence-electron chi connectivity index (χ3n) is 18.0. The molecule has 4 fully saturated rings. The van der Waals surface area contributed by atoms with Crippen molar-refractivity contribution in [1.82, 2.24) is 40.0 Å². The third-order valence-corrected chi connectivity index (χ3v) is 18.5. The molecule has 0 radical (unpaired) electrons. The molecule has 6 aromatic rings. The van der Waals surface area contributed by atoms with E-state index in [1.165, 1.54) is 61.1 Å². The van der Waals surface area contributed by atoms with Gasteiger partial charge in [-0.1, -0.05) is 12.1 Å². The average molecular weight is 1310 g/mol. The smallest absolute Gasteiger partial charge is 0.453 e. The number of aromatic amines is 1. The molecular formula is C62H74F5N10O14P. The van der Waals surface area contributed by atoms with Gasteiger partial charge in [-0.2, -0.15) is 0 Å². The zero-order valence-corrected chi connectivity index (χ0v) is 52.4. The number of carbonyl (C=O) groups excluding carboxylic acids is 5. The van der Waals surface area contributed by atoms with Gasteiger partial charge in [-0.25, -0.2) is 46.1 Å². The third kappa shape index (κ3) is 14.3. The van der Waals surface area contributed by atoms with E-state index in [1.807, 2.05) is 0 Å². The standard InChI is InChI=1S/C62H74F5N10O14P/c1-33(86-3)54(71-61(81)88-5)59(79)74-21-7-10-50(74)57-68-45-28-39(41(64)30-46(45)69-57)48-17-18-49(77(48)38-26-43(66)56(44(67)27-38)73-23-19-36(20-24-73)35-13-15-37(63)16-14-35)40-29-52-47(31-42(40)65)70-58(76(52)32-90-53(78)12-9-25-91-92(83,84)85)51-11-8-22-75(51)60(80)55(34(2)87-4)72-62(82)89-6/h13-16,26-31,33-34,36,48-51,54-55H,7-12,17-25,32H2,1-6H3,(H,68,69)(H,71,81)(H,72,82)(H2,83,84,85)/t33-,34-,48-,49-,50+,51+,54+,55+/m1/s1. The van der Waals surface area contributed by atoms with Gasteiger partial charge in [0.15, 0.2) is 18.4 Å². The van der Waals surface area contributed by atoms with Crippen molar-refractivity contribution in [2.75, 3.05) is 71.0 Å². The lowest BCUT2D eigenvalue weighted by atomic mass is 9.89. The first-order valence-electron chi connectivity index (χ1n) is 30.4. The van der Waals surface area contributed by atoms with E-state index in [1.54, 1.807) is 40.7 Å². The number of ether oxygens (including phenoxy) is 5. The quantitative estimate of drug-likeness (QED) is 0.0139. The maximum Gasteiger partial charge on any atom is 0.469 e. The number of aromatic nitrogens is 4. The van der Waals surface area contributed by atoms with Crippen molar-refractivity contribution in [2.45, 2.75) is 139 Å². The van der Waals surface area contributed by atoms with Crippen LogP contribution >= 0.6 is 7.82 Å². The van der Waals surface area contributed by atoms with Gasteiger partial charge in [-0.15, -0.1) is 0 Å². The number of fused-ring (bicyclic) bond motifs is 2. The van der Waals surface area contributed by atoms with Crippen LogP contribution in [-0.2, 0) is 53.9 Å². The largest absolute Gasteiger partial charge is 0.469 e. The average Bonchev–Trinajstić information content (AvgIpc) is 1.55. The molecule has 10 rings (SSSR count). The second kappa shape index (κ2) is 28.5. The van der Waals surface area contributed by atoms with Crippen LogP contribution < -0.4 is 20.4 Å². The van der Waals surface area contributed by atoms with Crippen molar-refractivity contribution in [3.63, 3.8) is 0 Å². The first-order valence-corrected chi connectivity index (χ1v) is 31.9. The summed E-state index contributed by atoms with van der Waals surface area (Å²) in [6.07, 6.45) is -0.896. The van der Waals surface area contributed by atoms with Crippen molar-refractivity contribution in [1.29, 1.82) is 0 Å². The number of phosphoric ester groups is 1. The number of alkyl carbamates (subject to hydrolysis) is 2. The van der Waals surface area contributed by atoms with Crippen molar-refractivity contribution >= 4 is 71.2 Å². The molecule has 4 saturated heterocycles. The van der Waals surface area contributed by atoms with Crippen LogP contribution in [0.1, 0.15) is 136 Å². The van der Waals surface area contributed by atoms with Gasteiger partial charge < -0.3 is 68.7 Å². The van der Waals surface area contributed by atoms with Gasteiger partial charge in [0.2, 0.25) is 11.8 Å². The van der Waals surface area contributed by atoms with E-state index in [0.29, 0.717) is 56.4 Å². The minimum Gasteiger partial charge on any atom is -0.453 e. The number of hydrogen-bond acceptors (Lipinski definition) is 16. The number of amides is 4. The molecule has 0 saturated carbocycles. The van der Waals surface area contributed by atoms with Crippen LogP contribution in [0.3, 0.4) is 0 Å². The molecule has 4 amide bonds. The monoisotopic (exact) mass is 1310 g/mol. The Bertz CT molecular complexity index is 3730. The van der Waals surface area contributed by atoms with Crippen LogP contribution in [0.25, 0.3) is 22.1 Å². The maximum atomic E-state index is 17.6. The number of likely N-dealkylation sites (tertiary alicyclic amines) is 2. The summed E-state index contributed by atoms with van der Waals surface area (Å²) in [5, 5.41) is 5.09. The lowest BCUT2D eigenvalue weighted by Gasteiger charge is -2.36. The van der Waals surface area contributed by atoms with Crippen LogP contribution in [0.5, 0.6) is 0 Å². The lowest BCUT2D eigenvalue weighted by molar-refractivity contribution is -0.148. The van der Waals surface area contributed by atoms with E-state index in [4.69, 9.17) is 33.7 Å². The fourth-order valence-electron chi connectivity index (χ4n) is 13.2. The Balaban J connectivity index is 1.04. The molecule has 4 aromatic carbocycles. The normalized spacial score (nSPS) is 20.2. The number of imidazole rings is 2. The number of hydrogen-bond donors (Lipinski definition) is 5. The Morgan fingerprint density at radius 2 is 1.23 bits per heavy atom. The molecule has 2 aromatic heterocycles. The van der Waals surface area contributed by atoms with Gasteiger partial charge in [0.05, 0.1) is 79.3 Å². The number of piperidine rings is 1. The number of H-pyrrole nitrogens is 1. The minimum atomic E-state index is -4.85. The molecular weight excluding hydrogens is 1230 g/mol. The van der Waals surface area contributed by atoms with Gasteiger partial charge >= 0.3 is 26.0 Å². The molecule has 30 heteroatoms. The Morgan fingerprint density at radius 3 is 1.79 bits per heavy atom. The summed E-state index contributed by atoms with van der Waals surface area (Å²) >= 11 is 0. The predicted molar refractivity (Wildman–Crippen MR) is 322 cm³/mol. The number of anilines is 2. The lowest BCUT2D eigenvalue weighted by Crippen LogP contribution is -2.54. The summed E-state index contributed by atoms with van der Waals surface area (Å²) in [5.74, 6) is -5.22. The molecule has 496 valence electrons. The van der Waals surface area contributed by atoms with Gasteiger partial charge in [0.1, 0.15) is 46.9 Å². The van der Waals surface area contributed by atoms with Crippen LogP contribution in [0.15, 0.2) is 60.7 Å². The molecule has 8 atom stereocenters. The molecule has 92 heavy (non-hydrogen) atoms. The van der Waals surface area contributed by atoms with E-state index < -0.39 is 123 Å². The fraction of sp³-hybridized carbons (Fsp3) is 0.500. The second-order valence-electron chi connectivity index (χ2n) is 23.4. The first-order chi connectivity index (χ1) is 44.0. The van der Waals surface area contributed by atoms with Crippen LogP contribution in [0.4, 0.5) is 42.9 Å². The van der Waals surface area contributed by atoms with Crippen molar-refractivity contribution in [3.8, 4) is 0 Å². The van der Waals surface area contributed by atoms with E-state index in [-0.39, 0.29) is 102 Å². The number of phosphoric acid groups is 1.